The zero-order valence-electron chi connectivity index (χ0n) is 19.3. The first-order valence-electron chi connectivity index (χ1n) is 10.8. The Labute approximate surface area is 228 Å². The second-order valence-electron chi connectivity index (χ2n) is 8.31. The van der Waals surface area contributed by atoms with Crippen LogP contribution < -0.4 is 0 Å². The summed E-state index contributed by atoms with van der Waals surface area (Å²) in [5.74, 6) is -1.28. The van der Waals surface area contributed by atoms with Crippen LogP contribution in [0.3, 0.4) is 0 Å². The van der Waals surface area contributed by atoms with Gasteiger partial charge in [0.15, 0.2) is 10.3 Å². The number of hydrogen-bond donors (Lipinski definition) is 0. The van der Waals surface area contributed by atoms with Crippen LogP contribution in [0.15, 0.2) is 41.7 Å². The molecule has 2 heterocycles. The predicted molar refractivity (Wildman–Crippen MR) is 135 cm³/mol. The monoisotopic (exact) mass is 593 g/mol. The average Bonchev–Trinajstić information content (AvgIpc) is 3.47. The first-order chi connectivity index (χ1) is 17.4. The molecule has 0 bridgehead atoms. The molecule has 1 atom stereocenters. The number of alkyl halides is 3. The maximum absolute atomic E-state index is 14.3. The standard InChI is InChI=1S/C24H18Cl3F4N3O2S/c1-3-34(11-15-10-32-22(27)37-15)21(35)16-5-4-13(6-12(16)2)19-9-23(36-33-19,24(29,30)31)14-7-17(25)20(28)18(26)8-14/h4-8,10H,3,9,11H2,1-2H3. The minimum Gasteiger partial charge on any atom is -0.374 e. The van der Waals surface area contributed by atoms with Crippen molar-refractivity contribution < 1.29 is 27.2 Å². The average molecular weight is 595 g/mol. The summed E-state index contributed by atoms with van der Waals surface area (Å²) in [6, 6.07) is 6.28. The van der Waals surface area contributed by atoms with Crippen LogP contribution in [0.25, 0.3) is 0 Å². The third-order valence-electron chi connectivity index (χ3n) is 5.97. The molecule has 1 unspecified atom stereocenters. The van der Waals surface area contributed by atoms with E-state index < -0.39 is 39.6 Å². The minimum atomic E-state index is -4.92. The Kier molecular flexibility index (Phi) is 7.77. The van der Waals surface area contributed by atoms with Crippen molar-refractivity contribution in [2.24, 2.45) is 5.16 Å². The van der Waals surface area contributed by atoms with E-state index >= 15 is 0 Å². The normalized spacial score (nSPS) is 17.5. The van der Waals surface area contributed by atoms with E-state index in [4.69, 9.17) is 39.6 Å². The van der Waals surface area contributed by atoms with Gasteiger partial charge < -0.3 is 9.74 Å². The summed E-state index contributed by atoms with van der Waals surface area (Å²) >= 11 is 18.7. The van der Waals surface area contributed by atoms with Gasteiger partial charge in [-0.15, -0.1) is 11.3 Å². The molecule has 196 valence electrons. The number of halogens is 7. The fourth-order valence-electron chi connectivity index (χ4n) is 3.97. The zero-order chi connectivity index (χ0) is 27.1. The number of amides is 1. The Bertz CT molecular complexity index is 1370. The van der Waals surface area contributed by atoms with Gasteiger partial charge >= 0.3 is 6.18 Å². The van der Waals surface area contributed by atoms with Crippen molar-refractivity contribution in [2.75, 3.05) is 6.54 Å². The number of oxime groups is 1. The van der Waals surface area contributed by atoms with Crippen molar-refractivity contribution in [3.05, 3.63) is 84.0 Å². The van der Waals surface area contributed by atoms with Crippen LogP contribution in [0.2, 0.25) is 14.5 Å². The molecule has 1 amide bonds. The SMILES string of the molecule is CCN(Cc1cnc(Cl)s1)C(=O)c1ccc(C2=NOC(c3cc(Cl)c(F)c(Cl)c3)(C(F)(F)F)C2)cc1C. The van der Waals surface area contributed by atoms with E-state index in [0.717, 1.165) is 17.0 Å². The van der Waals surface area contributed by atoms with Gasteiger partial charge in [0.25, 0.3) is 11.5 Å². The topological polar surface area (TPSA) is 54.8 Å². The molecule has 13 heteroatoms. The summed E-state index contributed by atoms with van der Waals surface area (Å²) < 4.78 is 57.0. The van der Waals surface area contributed by atoms with Crippen LogP contribution in [0, 0.1) is 12.7 Å². The molecule has 0 spiro atoms. The highest BCUT2D eigenvalue weighted by atomic mass is 35.5. The number of nitrogens with zero attached hydrogens (tertiary/aromatic N) is 3. The maximum Gasteiger partial charge on any atom is 0.435 e. The Balaban J connectivity index is 1.60. The molecule has 4 rings (SSSR count). The quantitative estimate of drug-likeness (QED) is 0.216. The number of rotatable bonds is 6. The van der Waals surface area contributed by atoms with Crippen molar-refractivity contribution in [3.8, 4) is 0 Å². The van der Waals surface area contributed by atoms with Crippen LogP contribution in [-0.4, -0.2) is 34.2 Å². The third-order valence-corrected chi connectivity index (χ3v) is 7.62. The second-order valence-corrected chi connectivity index (χ2v) is 10.8. The highest BCUT2D eigenvalue weighted by Gasteiger charge is 2.62. The van der Waals surface area contributed by atoms with Gasteiger partial charge in [0.2, 0.25) is 0 Å². The molecule has 5 nitrogen and oxygen atoms in total. The Morgan fingerprint density at radius 2 is 1.86 bits per heavy atom. The number of benzene rings is 2. The molecule has 0 saturated heterocycles. The van der Waals surface area contributed by atoms with E-state index in [9.17, 15) is 22.4 Å². The van der Waals surface area contributed by atoms with Crippen molar-refractivity contribution in [1.29, 1.82) is 0 Å². The van der Waals surface area contributed by atoms with E-state index in [0.29, 0.717) is 34.2 Å². The largest absolute Gasteiger partial charge is 0.435 e. The van der Waals surface area contributed by atoms with Crippen molar-refractivity contribution in [3.63, 3.8) is 0 Å². The number of aryl methyl sites for hydroxylation is 1. The molecule has 2 aromatic carbocycles. The van der Waals surface area contributed by atoms with E-state index in [2.05, 4.69) is 10.1 Å². The van der Waals surface area contributed by atoms with Crippen LogP contribution in [0.4, 0.5) is 17.6 Å². The lowest BCUT2D eigenvalue weighted by atomic mass is 9.86. The fraction of sp³-hybridized carbons (Fsp3) is 0.292. The number of carbonyl (C=O) groups excluding carboxylic acids is 1. The van der Waals surface area contributed by atoms with Crippen LogP contribution in [-0.2, 0) is 17.0 Å². The van der Waals surface area contributed by atoms with Gasteiger partial charge in [0, 0.05) is 35.2 Å². The molecule has 0 saturated carbocycles. The molecule has 1 aliphatic heterocycles. The van der Waals surface area contributed by atoms with Gasteiger partial charge in [-0.2, -0.15) is 13.2 Å². The Hall–Kier alpha value is -2.40. The predicted octanol–water partition coefficient (Wildman–Crippen LogP) is 7.80. The molecule has 0 radical (unpaired) electrons. The smallest absolute Gasteiger partial charge is 0.374 e. The molecular formula is C24H18Cl3F4N3O2S. The zero-order valence-corrected chi connectivity index (χ0v) is 22.4. The van der Waals surface area contributed by atoms with Crippen LogP contribution in [0.5, 0.6) is 0 Å². The first kappa shape index (κ1) is 27.6. The number of carbonyl (C=O) groups is 1. The highest BCUT2D eigenvalue weighted by molar-refractivity contribution is 7.15. The number of hydrogen-bond acceptors (Lipinski definition) is 5. The molecule has 0 fully saturated rings. The first-order valence-corrected chi connectivity index (χ1v) is 12.8. The number of aromatic nitrogens is 1. The number of thiazole rings is 1. The van der Waals surface area contributed by atoms with Crippen molar-refractivity contribution in [2.45, 2.75) is 38.6 Å². The lowest BCUT2D eigenvalue weighted by Crippen LogP contribution is -2.42. The van der Waals surface area contributed by atoms with Gasteiger partial charge in [-0.3, -0.25) is 4.79 Å². The molecule has 0 N–H and O–H groups in total. The molecule has 3 aromatic rings. The summed E-state index contributed by atoms with van der Waals surface area (Å²) in [5.41, 5.74) is -2.09. The van der Waals surface area contributed by atoms with E-state index in [1.807, 2.05) is 6.92 Å². The van der Waals surface area contributed by atoms with Crippen LogP contribution in [0.1, 0.15) is 45.3 Å². The van der Waals surface area contributed by atoms with Crippen molar-refractivity contribution >= 4 is 57.8 Å². The molecule has 1 aromatic heterocycles. The highest BCUT2D eigenvalue weighted by Crippen LogP contribution is 2.50. The lowest BCUT2D eigenvalue weighted by Gasteiger charge is -2.29. The van der Waals surface area contributed by atoms with Gasteiger partial charge in [-0.05, 0) is 49.2 Å². The molecular weight excluding hydrogens is 577 g/mol. The van der Waals surface area contributed by atoms with E-state index in [-0.39, 0.29) is 11.6 Å². The second kappa shape index (κ2) is 10.4. The molecule has 0 aliphatic carbocycles. The summed E-state index contributed by atoms with van der Waals surface area (Å²) in [4.78, 5) is 24.6. The lowest BCUT2D eigenvalue weighted by molar-refractivity contribution is -0.275. The maximum atomic E-state index is 14.3. The Morgan fingerprint density at radius 1 is 1.19 bits per heavy atom. The summed E-state index contributed by atoms with van der Waals surface area (Å²) in [6.07, 6.45) is -4.02. The fourth-order valence-corrected chi connectivity index (χ4v) is 5.45. The van der Waals surface area contributed by atoms with Crippen molar-refractivity contribution in [1.82, 2.24) is 9.88 Å². The minimum absolute atomic E-state index is 0.00245. The molecule has 1 aliphatic rings. The van der Waals surface area contributed by atoms with Crippen LogP contribution >= 0.6 is 46.1 Å². The molecule has 37 heavy (non-hydrogen) atoms. The third kappa shape index (κ3) is 5.30. The van der Waals surface area contributed by atoms with Gasteiger partial charge in [0.05, 0.1) is 22.3 Å². The van der Waals surface area contributed by atoms with E-state index in [1.54, 1.807) is 24.1 Å². The Morgan fingerprint density at radius 3 is 2.41 bits per heavy atom. The summed E-state index contributed by atoms with van der Waals surface area (Å²) in [6.45, 7) is 4.26. The van der Waals surface area contributed by atoms with Gasteiger partial charge in [0.1, 0.15) is 0 Å². The van der Waals surface area contributed by atoms with Gasteiger partial charge in [-0.1, -0.05) is 46.0 Å². The van der Waals surface area contributed by atoms with E-state index in [1.165, 1.54) is 23.5 Å². The van der Waals surface area contributed by atoms with Gasteiger partial charge in [-0.25, -0.2) is 9.37 Å². The summed E-state index contributed by atoms with van der Waals surface area (Å²) in [7, 11) is 0. The summed E-state index contributed by atoms with van der Waals surface area (Å²) in [5, 5.41) is 2.58.